The van der Waals surface area contributed by atoms with Crippen LogP contribution < -0.4 is 16.0 Å². The molecule has 0 radical (unpaired) electrons. The highest BCUT2D eigenvalue weighted by molar-refractivity contribution is 6.89. The number of anilines is 3. The minimum atomic E-state index is -0.136. The number of benzene rings is 7. The number of hydrogen-bond donors (Lipinski definition) is 0. The van der Waals surface area contributed by atoms with E-state index in [-0.39, 0.29) is 6.85 Å². The van der Waals surface area contributed by atoms with Gasteiger partial charge in [0, 0.05) is 60.6 Å². The Balaban J connectivity index is 1.27. The van der Waals surface area contributed by atoms with Crippen LogP contribution in [-0.2, 0) is 0 Å². The fraction of sp³-hybridized carbons (Fsp3) is 0. The molecule has 0 saturated heterocycles. The van der Waals surface area contributed by atoms with E-state index in [1.807, 2.05) is 0 Å². The number of hydrogen-bond acceptors (Lipinski definition) is 2. The largest absolute Gasteiger partial charge is 0.466 e. The first-order valence-electron chi connectivity index (χ1n) is 16.9. The zero-order valence-electron chi connectivity index (χ0n) is 26.3. The zero-order chi connectivity index (χ0) is 31.8. The van der Waals surface area contributed by atoms with Crippen LogP contribution in [0.3, 0.4) is 0 Å². The van der Waals surface area contributed by atoms with Crippen LogP contribution in [0.2, 0.25) is 0 Å². The fourth-order valence-electron chi connectivity index (χ4n) is 9.07. The Morgan fingerprint density at radius 3 is 1.98 bits per heavy atom. The Bertz CT molecular complexity index is 3010. The van der Waals surface area contributed by atoms with Crippen LogP contribution in [0, 0.1) is 0 Å². The van der Waals surface area contributed by atoms with E-state index < -0.39 is 0 Å². The topological polar surface area (TPSA) is 26.2 Å². The molecule has 0 aliphatic carbocycles. The second kappa shape index (κ2) is 9.12. The molecular weight excluding hydrogens is 597 g/mol. The lowest BCUT2D eigenvalue weighted by Crippen LogP contribution is -2.56. The van der Waals surface area contributed by atoms with Gasteiger partial charge < -0.3 is 18.4 Å². The maximum Gasteiger partial charge on any atom is 0.375 e. The molecule has 226 valence electrons. The van der Waals surface area contributed by atoms with Crippen molar-refractivity contribution in [2.45, 2.75) is 0 Å². The van der Waals surface area contributed by atoms with Crippen molar-refractivity contribution in [2.24, 2.45) is 0 Å². The molecule has 10 aromatic rings. The number of fused-ring (bicyclic) bond motifs is 13. The highest BCUT2D eigenvalue weighted by atomic mass is 16.3. The van der Waals surface area contributed by atoms with E-state index in [1.165, 1.54) is 71.6 Å². The SMILES string of the molecule is c1ccc(N2c3cccc4c3B(c3oc5ccccc5c32)n2c3ccc5c(c6ccccc6n5-c5ccccc5)c3c3cccc-4c32)cc1. The molecule has 12 rings (SSSR count). The van der Waals surface area contributed by atoms with Gasteiger partial charge in [-0.2, -0.15) is 0 Å². The molecule has 49 heavy (non-hydrogen) atoms. The first kappa shape index (κ1) is 25.6. The summed E-state index contributed by atoms with van der Waals surface area (Å²) in [6, 6.07) is 57.1. The third-order valence-corrected chi connectivity index (χ3v) is 10.9. The molecule has 0 unspecified atom stereocenters. The summed E-state index contributed by atoms with van der Waals surface area (Å²) in [5, 5.41) is 6.23. The molecule has 0 fully saturated rings. The molecule has 0 bridgehead atoms. The summed E-state index contributed by atoms with van der Waals surface area (Å²) in [6.07, 6.45) is 0. The van der Waals surface area contributed by atoms with Crippen molar-refractivity contribution in [1.29, 1.82) is 0 Å². The summed E-state index contributed by atoms with van der Waals surface area (Å²) in [5.41, 5.74) is 15.2. The van der Waals surface area contributed by atoms with Gasteiger partial charge in [0.2, 0.25) is 0 Å². The molecule has 0 amide bonds. The molecule has 2 aliphatic rings. The van der Waals surface area contributed by atoms with Crippen LogP contribution in [0.5, 0.6) is 0 Å². The lowest BCUT2D eigenvalue weighted by atomic mass is 9.47. The van der Waals surface area contributed by atoms with Crippen LogP contribution in [0.15, 0.2) is 162 Å². The second-order valence-corrected chi connectivity index (χ2v) is 13.2. The molecule has 0 spiro atoms. The van der Waals surface area contributed by atoms with Gasteiger partial charge in [-0.3, -0.25) is 0 Å². The smallest absolute Gasteiger partial charge is 0.375 e. The Kier molecular flexibility index (Phi) is 4.77. The van der Waals surface area contributed by atoms with Crippen LogP contribution in [0.1, 0.15) is 0 Å². The van der Waals surface area contributed by atoms with Gasteiger partial charge in [0.15, 0.2) is 0 Å². The number of aromatic nitrogens is 2. The number of para-hydroxylation sites is 5. The average molecular weight is 624 g/mol. The Morgan fingerprint density at radius 1 is 0.469 bits per heavy atom. The summed E-state index contributed by atoms with van der Waals surface area (Å²) in [6.45, 7) is -0.136. The molecule has 7 aromatic carbocycles. The van der Waals surface area contributed by atoms with E-state index in [9.17, 15) is 0 Å². The molecule has 4 nitrogen and oxygen atoms in total. The fourth-order valence-corrected chi connectivity index (χ4v) is 9.07. The molecule has 0 N–H and O–H groups in total. The lowest BCUT2D eigenvalue weighted by Gasteiger charge is -2.38. The summed E-state index contributed by atoms with van der Waals surface area (Å²) in [7, 11) is 0. The maximum absolute atomic E-state index is 7.01. The first-order valence-corrected chi connectivity index (χ1v) is 16.9. The molecule has 2 aliphatic heterocycles. The Morgan fingerprint density at radius 2 is 1.12 bits per heavy atom. The molecular formula is C44H26BN3O. The summed E-state index contributed by atoms with van der Waals surface area (Å²) in [4.78, 5) is 2.42. The van der Waals surface area contributed by atoms with Crippen LogP contribution >= 0.6 is 0 Å². The van der Waals surface area contributed by atoms with E-state index in [1.54, 1.807) is 0 Å². The molecule has 3 aromatic heterocycles. The number of nitrogens with zero attached hydrogens (tertiary/aromatic N) is 3. The van der Waals surface area contributed by atoms with E-state index >= 15 is 0 Å². The Labute approximate surface area is 281 Å². The van der Waals surface area contributed by atoms with Crippen molar-refractivity contribution in [3.05, 3.63) is 158 Å². The normalized spacial score (nSPS) is 13.2. The highest BCUT2D eigenvalue weighted by Crippen LogP contribution is 2.49. The summed E-state index contributed by atoms with van der Waals surface area (Å²) in [5.74, 6) is 0. The lowest BCUT2D eigenvalue weighted by molar-refractivity contribution is 0.649. The van der Waals surface area contributed by atoms with Crippen molar-refractivity contribution < 1.29 is 4.42 Å². The first-order chi connectivity index (χ1) is 24.4. The predicted octanol–water partition coefficient (Wildman–Crippen LogP) is 10.1. The number of rotatable bonds is 2. The highest BCUT2D eigenvalue weighted by Gasteiger charge is 2.46. The number of furan rings is 1. The monoisotopic (exact) mass is 623 g/mol. The van der Waals surface area contributed by atoms with Gasteiger partial charge in [0.05, 0.1) is 16.7 Å². The van der Waals surface area contributed by atoms with Crippen LogP contribution in [0.25, 0.3) is 71.4 Å². The standard InChI is InChI=1S/C44H26BN3O/c1-3-13-27(14-4-1)46-34-22-9-7-17-31(34)39-35(46)25-26-36-40(39)33-21-11-20-30-29-19-12-23-37-41(29)45(48(36)42(30)33)44-43(32-18-8-10-24-38(32)49-44)47(37)28-15-5-2-6-16-28/h1-26H. The third kappa shape index (κ3) is 3.11. The van der Waals surface area contributed by atoms with Gasteiger partial charge in [-0.05, 0) is 71.7 Å². The quantitative estimate of drug-likeness (QED) is 0.179. The summed E-state index contributed by atoms with van der Waals surface area (Å²) < 4.78 is 12.0. The van der Waals surface area contributed by atoms with Crippen molar-refractivity contribution in [2.75, 3.05) is 4.90 Å². The van der Waals surface area contributed by atoms with Gasteiger partial charge in [-0.15, -0.1) is 0 Å². The predicted molar refractivity (Wildman–Crippen MR) is 204 cm³/mol. The van der Waals surface area contributed by atoms with Crippen molar-refractivity contribution >= 4 is 89.6 Å². The zero-order valence-corrected chi connectivity index (χ0v) is 26.3. The van der Waals surface area contributed by atoms with Crippen LogP contribution in [-0.4, -0.2) is 15.9 Å². The maximum atomic E-state index is 7.01. The van der Waals surface area contributed by atoms with Crippen LogP contribution in [0.4, 0.5) is 17.1 Å². The van der Waals surface area contributed by atoms with Gasteiger partial charge >= 0.3 is 6.85 Å². The van der Waals surface area contributed by atoms with Gasteiger partial charge in [0.1, 0.15) is 11.2 Å². The van der Waals surface area contributed by atoms with Crippen molar-refractivity contribution in [1.82, 2.24) is 9.05 Å². The van der Waals surface area contributed by atoms with Crippen molar-refractivity contribution in [3.8, 4) is 16.8 Å². The van der Waals surface area contributed by atoms with E-state index in [2.05, 4.69) is 172 Å². The van der Waals surface area contributed by atoms with Gasteiger partial charge in [0.25, 0.3) is 0 Å². The van der Waals surface area contributed by atoms with Gasteiger partial charge in [-0.1, -0.05) is 97.1 Å². The molecule has 5 heterocycles. The minimum absolute atomic E-state index is 0.136. The van der Waals surface area contributed by atoms with E-state index in [0.29, 0.717) is 0 Å². The van der Waals surface area contributed by atoms with Crippen molar-refractivity contribution in [3.63, 3.8) is 0 Å². The summed E-state index contributed by atoms with van der Waals surface area (Å²) >= 11 is 0. The minimum Gasteiger partial charge on any atom is -0.466 e. The molecule has 5 heteroatoms. The van der Waals surface area contributed by atoms with Gasteiger partial charge in [-0.25, -0.2) is 0 Å². The van der Waals surface area contributed by atoms with E-state index in [0.717, 1.165) is 28.0 Å². The van der Waals surface area contributed by atoms with E-state index in [4.69, 9.17) is 4.42 Å². The average Bonchev–Trinajstić information content (AvgIpc) is 3.82. The Hall–Kier alpha value is -6.46. The molecule has 0 atom stereocenters. The molecule has 0 saturated carbocycles. The second-order valence-electron chi connectivity index (χ2n) is 13.2. The third-order valence-electron chi connectivity index (χ3n) is 10.9.